The van der Waals surface area contributed by atoms with E-state index in [2.05, 4.69) is 15.9 Å². The molecule has 0 bridgehead atoms. The molecule has 0 heterocycles. The molecule has 2 aliphatic carbocycles. The van der Waals surface area contributed by atoms with Crippen LogP contribution in [0.3, 0.4) is 0 Å². The van der Waals surface area contributed by atoms with Crippen LogP contribution in [0.5, 0.6) is 0 Å². The lowest BCUT2D eigenvalue weighted by molar-refractivity contribution is 0.912. The number of benzene rings is 2. The summed E-state index contributed by atoms with van der Waals surface area (Å²) >= 11 is 15.4. The second kappa shape index (κ2) is 6.92. The first-order valence-corrected chi connectivity index (χ1v) is 9.35. The largest absolute Gasteiger partial charge is 0.398 e. The van der Waals surface area contributed by atoms with Gasteiger partial charge in [-0.05, 0) is 94.9 Å². The molecule has 0 spiro atoms. The Morgan fingerprint density at radius 3 is 2.00 bits per heavy atom. The predicted molar refractivity (Wildman–Crippen MR) is 103 cm³/mol. The fourth-order valence-electron chi connectivity index (χ4n) is 3.41. The zero-order valence-electron chi connectivity index (χ0n) is 12.8. The first kappa shape index (κ1) is 16.9. The lowest BCUT2D eigenvalue weighted by Gasteiger charge is -2.07. The average molecular weight is 414 g/mol. The maximum Gasteiger partial charge on any atom is 0.0494 e. The molecule has 0 saturated heterocycles. The molecule has 0 aliphatic heterocycles. The summed E-state index contributed by atoms with van der Waals surface area (Å²) in [5, 5.41) is 1.73. The number of hydrogen-bond acceptors (Lipinski definition) is 2. The summed E-state index contributed by atoms with van der Waals surface area (Å²) in [5.41, 5.74) is 18.5. The van der Waals surface area contributed by atoms with E-state index in [4.69, 9.17) is 34.7 Å². The van der Waals surface area contributed by atoms with E-state index in [9.17, 15) is 0 Å². The standard InChI is InChI=1S/C9H9BrClN.C9H10ClN/c10-7-4-8(11)5-2-1-3-6(5)9(7)12;10-8-4-5-9(11)7-3-1-2-6(7)8/h4H,1-3,12H2;4-5H,1-3,11H2. The van der Waals surface area contributed by atoms with E-state index < -0.39 is 0 Å². The smallest absolute Gasteiger partial charge is 0.0494 e. The maximum absolute atomic E-state index is 6.06. The number of hydrogen-bond donors (Lipinski definition) is 2. The fourth-order valence-corrected chi connectivity index (χ4v) is 4.60. The maximum atomic E-state index is 6.06. The molecule has 0 radical (unpaired) electrons. The van der Waals surface area contributed by atoms with Crippen LogP contribution in [0.1, 0.15) is 35.1 Å². The molecule has 2 aromatic rings. The van der Waals surface area contributed by atoms with Crippen LogP contribution in [-0.2, 0) is 25.7 Å². The van der Waals surface area contributed by atoms with Gasteiger partial charge in [0, 0.05) is 25.9 Å². The zero-order valence-corrected chi connectivity index (χ0v) is 15.9. The van der Waals surface area contributed by atoms with Crippen molar-refractivity contribution in [3.8, 4) is 0 Å². The molecule has 2 aromatic carbocycles. The SMILES string of the molecule is Nc1c(Br)cc(Cl)c2c1CCC2.Nc1ccc(Cl)c2c1CCC2. The van der Waals surface area contributed by atoms with Gasteiger partial charge in [-0.1, -0.05) is 23.2 Å². The summed E-state index contributed by atoms with van der Waals surface area (Å²) in [6.07, 6.45) is 6.71. The normalized spacial score (nSPS) is 14.9. The summed E-state index contributed by atoms with van der Waals surface area (Å²) < 4.78 is 0.924. The molecule has 5 heteroatoms. The second-order valence-corrected chi connectivity index (χ2v) is 7.68. The van der Waals surface area contributed by atoms with Gasteiger partial charge in [-0.3, -0.25) is 0 Å². The van der Waals surface area contributed by atoms with Gasteiger partial charge in [0.15, 0.2) is 0 Å². The number of halogens is 3. The molecule has 0 aromatic heterocycles. The van der Waals surface area contributed by atoms with Crippen LogP contribution in [0, 0.1) is 0 Å². The Balaban J connectivity index is 0.000000136. The molecule has 0 atom stereocenters. The Kier molecular flexibility index (Phi) is 5.10. The van der Waals surface area contributed by atoms with Gasteiger partial charge in [0.25, 0.3) is 0 Å². The van der Waals surface area contributed by atoms with Gasteiger partial charge < -0.3 is 11.5 Å². The van der Waals surface area contributed by atoms with Crippen molar-refractivity contribution in [3.05, 3.63) is 55.0 Å². The van der Waals surface area contributed by atoms with Gasteiger partial charge in [-0.2, -0.15) is 0 Å². The van der Waals surface area contributed by atoms with Crippen molar-refractivity contribution in [3.63, 3.8) is 0 Å². The van der Waals surface area contributed by atoms with Gasteiger partial charge in [0.05, 0.1) is 0 Å². The van der Waals surface area contributed by atoms with Gasteiger partial charge in [0.1, 0.15) is 0 Å². The number of nitrogen functional groups attached to an aromatic ring is 2. The number of nitrogens with two attached hydrogens (primary N) is 2. The van der Waals surface area contributed by atoms with E-state index in [1.165, 1.54) is 35.1 Å². The molecular weight excluding hydrogens is 395 g/mol. The minimum Gasteiger partial charge on any atom is -0.398 e. The van der Waals surface area contributed by atoms with Crippen molar-refractivity contribution in [2.75, 3.05) is 11.5 Å². The predicted octanol–water partition coefficient (Wildman–Crippen LogP) is 5.58. The van der Waals surface area contributed by atoms with Gasteiger partial charge in [-0.25, -0.2) is 0 Å². The van der Waals surface area contributed by atoms with E-state index >= 15 is 0 Å². The molecule has 0 saturated carbocycles. The average Bonchev–Trinajstić information content (AvgIpc) is 3.18. The summed E-state index contributed by atoms with van der Waals surface area (Å²) in [6.45, 7) is 0. The Morgan fingerprint density at radius 1 is 0.783 bits per heavy atom. The van der Waals surface area contributed by atoms with Crippen LogP contribution in [0.25, 0.3) is 0 Å². The van der Waals surface area contributed by atoms with Crippen molar-refractivity contribution in [2.24, 2.45) is 0 Å². The molecule has 4 rings (SSSR count). The van der Waals surface area contributed by atoms with E-state index in [1.807, 2.05) is 18.2 Å². The fraction of sp³-hybridized carbons (Fsp3) is 0.333. The zero-order chi connectivity index (χ0) is 16.6. The lowest BCUT2D eigenvalue weighted by Crippen LogP contribution is -1.95. The molecule has 4 N–H and O–H groups in total. The highest BCUT2D eigenvalue weighted by atomic mass is 79.9. The molecule has 2 aliphatic rings. The molecule has 0 amide bonds. The molecule has 0 unspecified atom stereocenters. The summed E-state index contributed by atoms with van der Waals surface area (Å²) in [7, 11) is 0. The van der Waals surface area contributed by atoms with E-state index in [-0.39, 0.29) is 0 Å². The number of fused-ring (bicyclic) bond motifs is 2. The van der Waals surface area contributed by atoms with Crippen LogP contribution in [0.2, 0.25) is 10.0 Å². The summed E-state index contributed by atoms with van der Waals surface area (Å²) in [5.74, 6) is 0. The van der Waals surface area contributed by atoms with Crippen LogP contribution < -0.4 is 11.5 Å². The minimum atomic E-state index is 0.851. The van der Waals surface area contributed by atoms with Gasteiger partial charge >= 0.3 is 0 Å². The summed E-state index contributed by atoms with van der Waals surface area (Å²) in [6, 6.07) is 5.68. The Hall–Kier alpha value is -0.900. The van der Waals surface area contributed by atoms with Crippen LogP contribution in [0.15, 0.2) is 22.7 Å². The highest BCUT2D eigenvalue weighted by Crippen LogP contribution is 2.37. The highest BCUT2D eigenvalue weighted by molar-refractivity contribution is 9.10. The first-order valence-electron chi connectivity index (χ1n) is 7.80. The lowest BCUT2D eigenvalue weighted by atomic mass is 10.1. The van der Waals surface area contributed by atoms with Crippen LogP contribution in [-0.4, -0.2) is 0 Å². The van der Waals surface area contributed by atoms with Crippen molar-refractivity contribution in [1.82, 2.24) is 0 Å². The number of anilines is 2. The molecular formula is C18H19BrCl2N2. The van der Waals surface area contributed by atoms with E-state index in [1.54, 1.807) is 0 Å². The topological polar surface area (TPSA) is 52.0 Å². The van der Waals surface area contributed by atoms with Crippen LogP contribution in [0.4, 0.5) is 11.4 Å². The third kappa shape index (κ3) is 3.33. The van der Waals surface area contributed by atoms with Crippen LogP contribution >= 0.6 is 39.1 Å². The Labute approximate surface area is 155 Å². The Bertz CT molecular complexity index is 730. The minimum absolute atomic E-state index is 0.851. The monoisotopic (exact) mass is 412 g/mol. The van der Waals surface area contributed by atoms with Crippen molar-refractivity contribution >= 4 is 50.5 Å². The van der Waals surface area contributed by atoms with Gasteiger partial charge in [0.2, 0.25) is 0 Å². The third-order valence-electron chi connectivity index (χ3n) is 4.61. The van der Waals surface area contributed by atoms with Crippen molar-refractivity contribution < 1.29 is 0 Å². The molecule has 122 valence electrons. The first-order chi connectivity index (χ1) is 11.0. The Morgan fingerprint density at radius 2 is 1.35 bits per heavy atom. The molecule has 2 nitrogen and oxygen atoms in total. The molecule has 23 heavy (non-hydrogen) atoms. The quantitative estimate of drug-likeness (QED) is 0.553. The third-order valence-corrected chi connectivity index (χ3v) is 5.95. The molecule has 0 fully saturated rings. The van der Waals surface area contributed by atoms with Crippen molar-refractivity contribution in [1.29, 1.82) is 0 Å². The second-order valence-electron chi connectivity index (χ2n) is 6.01. The summed E-state index contributed by atoms with van der Waals surface area (Å²) in [4.78, 5) is 0. The number of rotatable bonds is 0. The van der Waals surface area contributed by atoms with Gasteiger partial charge in [-0.15, -0.1) is 0 Å². The highest BCUT2D eigenvalue weighted by Gasteiger charge is 2.18. The van der Waals surface area contributed by atoms with E-state index in [0.29, 0.717) is 0 Å². The van der Waals surface area contributed by atoms with Crippen molar-refractivity contribution in [2.45, 2.75) is 38.5 Å². The van der Waals surface area contributed by atoms with E-state index in [0.717, 1.165) is 51.6 Å².